The maximum Gasteiger partial charge on any atom is 0.220 e. The van der Waals surface area contributed by atoms with Crippen LogP contribution >= 0.6 is 0 Å². The van der Waals surface area contributed by atoms with E-state index in [1.165, 1.54) is 0 Å². The van der Waals surface area contributed by atoms with Crippen molar-refractivity contribution in [3.05, 3.63) is 0 Å². The predicted molar refractivity (Wildman–Crippen MR) is 70.6 cm³/mol. The minimum absolute atomic E-state index is 0.121. The molecule has 17 heavy (non-hydrogen) atoms. The molecule has 0 fully saturated rings. The molecule has 0 saturated carbocycles. The summed E-state index contributed by atoms with van der Waals surface area (Å²) in [5.74, 6) is 0.450. The van der Waals surface area contributed by atoms with Gasteiger partial charge in [0.25, 0.3) is 0 Å². The largest absolute Gasteiger partial charge is 0.393 e. The third-order valence-electron chi connectivity index (χ3n) is 2.75. The zero-order valence-electron chi connectivity index (χ0n) is 11.2. The van der Waals surface area contributed by atoms with Crippen LogP contribution < -0.4 is 11.1 Å². The quantitative estimate of drug-likeness (QED) is 0.509. The summed E-state index contributed by atoms with van der Waals surface area (Å²) in [6.07, 6.45) is 5.22. The first-order valence-corrected chi connectivity index (χ1v) is 6.71. The van der Waals surface area contributed by atoms with E-state index < -0.39 is 0 Å². The SMILES string of the molecule is CC(O)CC(C)CNC(=O)CCCCCCN. The highest BCUT2D eigenvalue weighted by atomic mass is 16.3. The lowest BCUT2D eigenvalue weighted by atomic mass is 10.0. The summed E-state index contributed by atoms with van der Waals surface area (Å²) >= 11 is 0. The number of aliphatic hydroxyl groups is 1. The van der Waals surface area contributed by atoms with Crippen LogP contribution in [0.1, 0.15) is 52.4 Å². The van der Waals surface area contributed by atoms with Crippen LogP contribution in [0.5, 0.6) is 0 Å². The Morgan fingerprint density at radius 3 is 2.47 bits per heavy atom. The number of amides is 1. The van der Waals surface area contributed by atoms with Crippen LogP contribution in [0.25, 0.3) is 0 Å². The van der Waals surface area contributed by atoms with Gasteiger partial charge in [-0.3, -0.25) is 4.79 Å². The van der Waals surface area contributed by atoms with Gasteiger partial charge in [-0.05, 0) is 38.6 Å². The van der Waals surface area contributed by atoms with E-state index in [0.29, 0.717) is 18.9 Å². The molecule has 0 bridgehead atoms. The molecule has 102 valence electrons. The molecule has 0 aromatic carbocycles. The van der Waals surface area contributed by atoms with E-state index >= 15 is 0 Å². The third kappa shape index (κ3) is 11.6. The summed E-state index contributed by atoms with van der Waals surface area (Å²) in [4.78, 5) is 11.5. The zero-order chi connectivity index (χ0) is 13.1. The lowest BCUT2D eigenvalue weighted by Gasteiger charge is -2.14. The first-order valence-electron chi connectivity index (χ1n) is 6.71. The van der Waals surface area contributed by atoms with E-state index in [9.17, 15) is 9.90 Å². The highest BCUT2D eigenvalue weighted by Crippen LogP contribution is 2.05. The molecule has 0 radical (unpaired) electrons. The molecule has 0 aliphatic rings. The molecule has 0 aromatic rings. The highest BCUT2D eigenvalue weighted by Gasteiger charge is 2.07. The van der Waals surface area contributed by atoms with Crippen LogP contribution in [0.2, 0.25) is 0 Å². The van der Waals surface area contributed by atoms with Gasteiger partial charge in [0.1, 0.15) is 0 Å². The smallest absolute Gasteiger partial charge is 0.220 e. The highest BCUT2D eigenvalue weighted by molar-refractivity contribution is 5.75. The molecule has 4 N–H and O–H groups in total. The van der Waals surface area contributed by atoms with Crippen LogP contribution in [-0.2, 0) is 4.79 Å². The Hall–Kier alpha value is -0.610. The molecule has 0 saturated heterocycles. The molecule has 4 nitrogen and oxygen atoms in total. The van der Waals surface area contributed by atoms with E-state index in [1.807, 2.05) is 6.92 Å². The maximum atomic E-state index is 11.5. The second-order valence-electron chi connectivity index (χ2n) is 4.95. The van der Waals surface area contributed by atoms with E-state index in [2.05, 4.69) is 5.32 Å². The summed E-state index contributed by atoms with van der Waals surface area (Å²) in [6.45, 7) is 5.21. The summed E-state index contributed by atoms with van der Waals surface area (Å²) in [7, 11) is 0. The van der Waals surface area contributed by atoms with Crippen LogP contribution in [0.3, 0.4) is 0 Å². The van der Waals surface area contributed by atoms with E-state index in [1.54, 1.807) is 6.92 Å². The third-order valence-corrected chi connectivity index (χ3v) is 2.75. The second-order valence-corrected chi connectivity index (χ2v) is 4.95. The van der Waals surface area contributed by atoms with Crippen molar-refractivity contribution in [2.75, 3.05) is 13.1 Å². The van der Waals surface area contributed by atoms with Crippen molar-refractivity contribution in [3.63, 3.8) is 0 Å². The summed E-state index contributed by atoms with van der Waals surface area (Å²) in [5.41, 5.74) is 5.39. The molecule has 2 atom stereocenters. The molecule has 1 amide bonds. The zero-order valence-corrected chi connectivity index (χ0v) is 11.2. The van der Waals surface area contributed by atoms with E-state index in [0.717, 1.165) is 38.6 Å². The molecular weight excluding hydrogens is 216 g/mol. The van der Waals surface area contributed by atoms with Crippen LogP contribution in [0, 0.1) is 5.92 Å². The predicted octanol–water partition coefficient (Wildman–Crippen LogP) is 1.42. The second kappa shape index (κ2) is 10.5. The van der Waals surface area contributed by atoms with Crippen molar-refractivity contribution in [1.29, 1.82) is 0 Å². The Bertz CT molecular complexity index is 196. The molecular formula is C13H28N2O2. The van der Waals surface area contributed by atoms with Gasteiger partial charge >= 0.3 is 0 Å². The van der Waals surface area contributed by atoms with Gasteiger partial charge < -0.3 is 16.2 Å². The van der Waals surface area contributed by atoms with Gasteiger partial charge in [-0.1, -0.05) is 19.8 Å². The molecule has 0 aromatic heterocycles. The molecule has 4 heteroatoms. The number of nitrogens with one attached hydrogen (secondary N) is 1. The Morgan fingerprint density at radius 1 is 1.24 bits per heavy atom. The number of hydrogen-bond donors (Lipinski definition) is 3. The first-order chi connectivity index (χ1) is 8.06. The molecule has 0 spiro atoms. The summed E-state index contributed by atoms with van der Waals surface area (Å²) < 4.78 is 0. The van der Waals surface area contributed by atoms with Gasteiger partial charge in [0.15, 0.2) is 0 Å². The number of carbonyl (C=O) groups excluding carboxylic acids is 1. The van der Waals surface area contributed by atoms with Gasteiger partial charge in [-0.25, -0.2) is 0 Å². The van der Waals surface area contributed by atoms with Crippen molar-refractivity contribution in [2.45, 2.75) is 58.5 Å². The average molecular weight is 244 g/mol. The van der Waals surface area contributed by atoms with Gasteiger partial charge in [0.05, 0.1) is 6.10 Å². The normalized spacial score (nSPS) is 14.4. The van der Waals surface area contributed by atoms with Gasteiger partial charge in [-0.15, -0.1) is 0 Å². The van der Waals surface area contributed by atoms with Crippen LogP contribution in [0.4, 0.5) is 0 Å². The molecule has 0 heterocycles. The molecule has 0 rings (SSSR count). The lowest BCUT2D eigenvalue weighted by Crippen LogP contribution is -2.29. The minimum Gasteiger partial charge on any atom is -0.393 e. The van der Waals surface area contributed by atoms with Crippen molar-refractivity contribution in [1.82, 2.24) is 5.32 Å². The Labute approximate surface area is 105 Å². The van der Waals surface area contributed by atoms with Crippen molar-refractivity contribution >= 4 is 5.91 Å². The minimum atomic E-state index is -0.293. The number of carbonyl (C=O) groups is 1. The maximum absolute atomic E-state index is 11.5. The number of unbranched alkanes of at least 4 members (excludes halogenated alkanes) is 3. The molecule has 0 aliphatic carbocycles. The molecule has 2 unspecified atom stereocenters. The van der Waals surface area contributed by atoms with Gasteiger partial charge in [0, 0.05) is 13.0 Å². The van der Waals surface area contributed by atoms with E-state index in [4.69, 9.17) is 5.73 Å². The fourth-order valence-corrected chi connectivity index (χ4v) is 1.83. The number of hydrogen-bond acceptors (Lipinski definition) is 3. The summed E-state index contributed by atoms with van der Waals surface area (Å²) in [5, 5.41) is 12.1. The topological polar surface area (TPSA) is 75.3 Å². The van der Waals surface area contributed by atoms with Gasteiger partial charge in [0.2, 0.25) is 5.91 Å². The first kappa shape index (κ1) is 16.4. The number of aliphatic hydroxyl groups excluding tert-OH is 1. The van der Waals surface area contributed by atoms with Crippen molar-refractivity contribution in [2.24, 2.45) is 11.7 Å². The number of rotatable bonds is 10. The van der Waals surface area contributed by atoms with Gasteiger partial charge in [-0.2, -0.15) is 0 Å². The average Bonchev–Trinajstić information content (AvgIpc) is 2.25. The van der Waals surface area contributed by atoms with Crippen molar-refractivity contribution in [3.8, 4) is 0 Å². The Morgan fingerprint density at radius 2 is 1.88 bits per heavy atom. The van der Waals surface area contributed by atoms with E-state index in [-0.39, 0.29) is 12.0 Å². The monoisotopic (exact) mass is 244 g/mol. The van der Waals surface area contributed by atoms with Crippen LogP contribution in [-0.4, -0.2) is 30.2 Å². The number of nitrogens with two attached hydrogens (primary N) is 1. The Balaban J connectivity index is 3.40. The van der Waals surface area contributed by atoms with Crippen LogP contribution in [0.15, 0.2) is 0 Å². The van der Waals surface area contributed by atoms with Crippen molar-refractivity contribution < 1.29 is 9.90 Å². The fourth-order valence-electron chi connectivity index (χ4n) is 1.83. The standard InChI is InChI=1S/C13H28N2O2/c1-11(9-12(2)16)10-15-13(17)7-5-3-4-6-8-14/h11-12,16H,3-10,14H2,1-2H3,(H,15,17). The lowest BCUT2D eigenvalue weighted by molar-refractivity contribution is -0.121. The Kier molecular flexibility index (Phi) is 10.2. The summed E-state index contributed by atoms with van der Waals surface area (Å²) in [6, 6.07) is 0. The fraction of sp³-hybridized carbons (Fsp3) is 0.923. The molecule has 0 aliphatic heterocycles.